The third kappa shape index (κ3) is 6.42. The minimum absolute atomic E-state index is 0. The van der Waals surface area contributed by atoms with Gasteiger partial charge in [-0.2, -0.15) is 0 Å². The summed E-state index contributed by atoms with van der Waals surface area (Å²) in [5, 5.41) is 10.8. The first-order valence-corrected chi connectivity index (χ1v) is 8.50. The van der Waals surface area contributed by atoms with Crippen molar-refractivity contribution in [2.75, 3.05) is 0 Å². The largest absolute Gasteiger partial charge is 0.512 e. The zero-order valence-electron chi connectivity index (χ0n) is 16.3. The van der Waals surface area contributed by atoms with Crippen LogP contribution in [0.4, 0.5) is 0 Å². The smallest absolute Gasteiger partial charge is 0.155 e. The minimum atomic E-state index is -0.125. The zero-order valence-corrected chi connectivity index (χ0v) is 18.6. The summed E-state index contributed by atoms with van der Waals surface area (Å²) in [7, 11) is 0. The number of hydrogen-bond acceptors (Lipinski definition) is 3. The number of rotatable bonds is 2. The van der Waals surface area contributed by atoms with Crippen molar-refractivity contribution in [2.24, 2.45) is 0 Å². The summed E-state index contributed by atoms with van der Waals surface area (Å²) < 4.78 is 0. The number of carbonyl (C=O) groups excluding carboxylic acids is 1. The number of ketones is 1. The third-order valence-electron chi connectivity index (χ3n) is 4.02. The fourth-order valence-corrected chi connectivity index (χ4v) is 2.60. The van der Waals surface area contributed by atoms with Crippen LogP contribution in [0.5, 0.6) is 0 Å². The topological polar surface area (TPSA) is 50.2 Å². The van der Waals surface area contributed by atoms with Gasteiger partial charge in [-0.05, 0) is 43.3 Å². The molecule has 2 aromatic carbocycles. The van der Waals surface area contributed by atoms with E-state index in [9.17, 15) is 4.79 Å². The summed E-state index contributed by atoms with van der Waals surface area (Å²) in [6, 6.07) is 16.1. The second-order valence-corrected chi connectivity index (χ2v) is 6.49. The van der Waals surface area contributed by atoms with Crippen molar-refractivity contribution >= 4 is 16.6 Å². The van der Waals surface area contributed by atoms with E-state index in [1.807, 2.05) is 12.3 Å². The van der Waals surface area contributed by atoms with Gasteiger partial charge in [0.2, 0.25) is 0 Å². The first-order chi connectivity index (χ1) is 12.3. The molecule has 3 aromatic rings. The Kier molecular flexibility index (Phi) is 8.55. The van der Waals surface area contributed by atoms with Crippen LogP contribution in [-0.4, -0.2) is 15.9 Å². The number of carbonyl (C=O) groups is 1. The van der Waals surface area contributed by atoms with Crippen LogP contribution in [0.3, 0.4) is 0 Å². The fourth-order valence-electron chi connectivity index (χ4n) is 2.60. The molecule has 0 aliphatic carbocycles. The van der Waals surface area contributed by atoms with E-state index in [0.717, 1.165) is 11.3 Å². The van der Waals surface area contributed by atoms with E-state index >= 15 is 0 Å². The second kappa shape index (κ2) is 10.1. The van der Waals surface area contributed by atoms with Crippen molar-refractivity contribution in [1.82, 2.24) is 4.98 Å². The maximum absolute atomic E-state index is 10.0. The van der Waals surface area contributed by atoms with Gasteiger partial charge < -0.3 is 10.1 Å². The Morgan fingerprint density at radius 2 is 1.78 bits per heavy atom. The number of aromatic nitrogens is 1. The molecule has 0 saturated heterocycles. The van der Waals surface area contributed by atoms with Crippen molar-refractivity contribution in [1.29, 1.82) is 0 Å². The molecule has 1 aromatic heterocycles. The van der Waals surface area contributed by atoms with Gasteiger partial charge in [-0.15, -0.1) is 34.9 Å². The van der Waals surface area contributed by atoms with Gasteiger partial charge in [-0.3, -0.25) is 4.79 Å². The number of fused-ring (bicyclic) bond motifs is 1. The molecule has 0 atom stereocenters. The maximum atomic E-state index is 10.0. The maximum Gasteiger partial charge on any atom is 0.155 e. The number of hydrogen-bond donors (Lipinski definition) is 1. The Morgan fingerprint density at radius 3 is 2.33 bits per heavy atom. The fraction of sp³-hybridized carbons (Fsp3) is 0.217. The van der Waals surface area contributed by atoms with E-state index in [0.29, 0.717) is 0 Å². The molecule has 0 unspecified atom stereocenters. The number of aliphatic hydroxyl groups is 1. The Labute approximate surface area is 174 Å². The van der Waals surface area contributed by atoms with Gasteiger partial charge in [0.1, 0.15) is 0 Å². The molecule has 0 aliphatic heterocycles. The third-order valence-corrected chi connectivity index (χ3v) is 4.02. The number of nitrogens with zero attached hydrogens (tertiary/aromatic N) is 1. The SMILES string of the molecule is CC(=O)/C=C(/C)O.Cc1ccc2ccnc(-c3[c-]cc(C)c(C)c3)c2c1.[Ir]. The molecule has 0 bridgehead atoms. The summed E-state index contributed by atoms with van der Waals surface area (Å²) in [6.07, 6.45) is 3.04. The normalized spacial score (nSPS) is 10.6. The van der Waals surface area contributed by atoms with Crippen molar-refractivity contribution < 1.29 is 30.0 Å². The molecule has 3 nitrogen and oxygen atoms in total. The average molecular weight is 539 g/mol. The van der Waals surface area contributed by atoms with Crippen LogP contribution in [0.15, 0.2) is 54.4 Å². The summed E-state index contributed by atoms with van der Waals surface area (Å²) in [5.41, 5.74) is 5.88. The molecule has 0 amide bonds. The molecule has 1 N–H and O–H groups in total. The van der Waals surface area contributed by atoms with Crippen LogP contribution >= 0.6 is 0 Å². The number of aliphatic hydroxyl groups excluding tert-OH is 1. The predicted molar refractivity (Wildman–Crippen MR) is 107 cm³/mol. The number of pyridine rings is 1. The van der Waals surface area contributed by atoms with Crippen LogP contribution < -0.4 is 0 Å². The second-order valence-electron chi connectivity index (χ2n) is 6.49. The van der Waals surface area contributed by atoms with Gasteiger partial charge in [0.15, 0.2) is 5.78 Å². The van der Waals surface area contributed by atoms with Gasteiger partial charge >= 0.3 is 0 Å². The van der Waals surface area contributed by atoms with E-state index in [-0.39, 0.29) is 31.6 Å². The van der Waals surface area contributed by atoms with Crippen molar-refractivity contribution in [2.45, 2.75) is 34.6 Å². The van der Waals surface area contributed by atoms with Crippen LogP contribution in [0, 0.1) is 26.8 Å². The first-order valence-electron chi connectivity index (χ1n) is 8.50. The van der Waals surface area contributed by atoms with Gasteiger partial charge in [-0.25, -0.2) is 0 Å². The number of aryl methyl sites for hydroxylation is 3. The van der Waals surface area contributed by atoms with Crippen LogP contribution in [-0.2, 0) is 24.9 Å². The molecular weight excluding hydrogens is 514 g/mol. The van der Waals surface area contributed by atoms with E-state index in [1.165, 1.54) is 47.4 Å². The van der Waals surface area contributed by atoms with E-state index < -0.39 is 0 Å². The van der Waals surface area contributed by atoms with Gasteiger partial charge in [0, 0.05) is 32.4 Å². The van der Waals surface area contributed by atoms with E-state index in [4.69, 9.17) is 5.11 Å². The Morgan fingerprint density at radius 1 is 1.07 bits per heavy atom. The van der Waals surface area contributed by atoms with Crippen LogP contribution in [0.25, 0.3) is 22.0 Å². The molecule has 27 heavy (non-hydrogen) atoms. The van der Waals surface area contributed by atoms with E-state index in [2.05, 4.69) is 62.2 Å². The predicted octanol–water partition coefficient (Wildman–Crippen LogP) is 5.66. The van der Waals surface area contributed by atoms with Crippen LogP contribution in [0.1, 0.15) is 30.5 Å². The molecule has 0 saturated carbocycles. The average Bonchev–Trinajstić information content (AvgIpc) is 2.56. The monoisotopic (exact) mass is 539 g/mol. The summed E-state index contributed by atoms with van der Waals surface area (Å²) in [5.74, 6) is -0.0625. The Hall–Kier alpha value is -2.29. The van der Waals surface area contributed by atoms with Gasteiger partial charge in [0.25, 0.3) is 0 Å². The van der Waals surface area contributed by atoms with Gasteiger partial charge in [-0.1, -0.05) is 37.6 Å². The molecule has 0 aliphatic rings. The number of benzene rings is 2. The molecule has 0 spiro atoms. The number of allylic oxidation sites excluding steroid dienone is 2. The molecule has 143 valence electrons. The Bertz CT molecular complexity index is 973. The summed E-state index contributed by atoms with van der Waals surface area (Å²) in [6.45, 7) is 9.20. The Balaban J connectivity index is 0.000000395. The minimum Gasteiger partial charge on any atom is -0.512 e. The molecule has 1 radical (unpaired) electrons. The standard InChI is InChI=1S/C18H16N.C5H8O2.Ir/c1-12-4-6-15-8-9-19-18(17(15)10-12)16-7-5-13(2)14(3)11-16;1-4(6)3-5(2)7;/h4-6,8-11H,1-3H3;3,6H,1-2H3;/q-1;;/b;4-3-;. The molecular formula is C23H24IrNO2-. The molecule has 0 fully saturated rings. The van der Waals surface area contributed by atoms with Crippen molar-refractivity contribution in [3.05, 3.63) is 77.2 Å². The van der Waals surface area contributed by atoms with Gasteiger partial charge in [0.05, 0.1) is 5.76 Å². The molecule has 1 heterocycles. The summed E-state index contributed by atoms with van der Waals surface area (Å²) >= 11 is 0. The van der Waals surface area contributed by atoms with E-state index in [1.54, 1.807) is 0 Å². The molecule has 4 heteroatoms. The van der Waals surface area contributed by atoms with Crippen molar-refractivity contribution in [3.63, 3.8) is 0 Å². The summed E-state index contributed by atoms with van der Waals surface area (Å²) in [4.78, 5) is 14.6. The first kappa shape index (κ1) is 22.7. The quantitative estimate of drug-likeness (QED) is 0.260. The zero-order chi connectivity index (χ0) is 19.3. The van der Waals surface area contributed by atoms with Crippen LogP contribution in [0.2, 0.25) is 0 Å². The molecule has 3 rings (SSSR count). The van der Waals surface area contributed by atoms with Crippen molar-refractivity contribution in [3.8, 4) is 11.3 Å².